The third-order valence-electron chi connectivity index (χ3n) is 2.92. The summed E-state index contributed by atoms with van der Waals surface area (Å²) in [6, 6.07) is 1.65. The quantitative estimate of drug-likeness (QED) is 0.606. The summed E-state index contributed by atoms with van der Waals surface area (Å²) in [4.78, 5) is 34.9. The Balaban J connectivity index is 2.58. The van der Waals surface area contributed by atoms with Gasteiger partial charge in [-0.15, -0.1) is 11.3 Å². The van der Waals surface area contributed by atoms with E-state index in [4.69, 9.17) is 5.11 Å². The van der Waals surface area contributed by atoms with Crippen molar-refractivity contribution in [3.8, 4) is 0 Å². The molecule has 0 radical (unpaired) electrons. The van der Waals surface area contributed by atoms with Crippen LogP contribution >= 0.6 is 11.3 Å². The number of sulfone groups is 1. The van der Waals surface area contributed by atoms with Crippen molar-refractivity contribution in [2.75, 3.05) is 12.8 Å². The Hall–Kier alpha value is -1.94. The maximum atomic E-state index is 11.9. The van der Waals surface area contributed by atoms with Crippen LogP contribution in [0.3, 0.4) is 0 Å². The van der Waals surface area contributed by atoms with Crippen LogP contribution in [0.25, 0.3) is 0 Å². The van der Waals surface area contributed by atoms with Crippen LogP contribution in [0.2, 0.25) is 0 Å². The molecule has 0 aliphatic carbocycles. The standard InChI is InChI=1S/C14H20N2O6S2/c1-8(2)6-9(14(19)20)16-11(17)7-15-13(18)10-4-5-12(23-10)24(3,21)22/h4-5,8-9H,6-7H2,1-3H3,(H,15,18)(H,16,17)(H,19,20)/t9-/m0/s1. The Morgan fingerprint density at radius 3 is 2.33 bits per heavy atom. The molecule has 0 unspecified atom stereocenters. The van der Waals surface area contributed by atoms with Gasteiger partial charge in [-0.2, -0.15) is 0 Å². The van der Waals surface area contributed by atoms with Crippen molar-refractivity contribution >= 4 is 39.0 Å². The van der Waals surface area contributed by atoms with Crippen molar-refractivity contribution in [1.29, 1.82) is 0 Å². The Labute approximate surface area is 144 Å². The van der Waals surface area contributed by atoms with Crippen LogP contribution in [-0.2, 0) is 19.4 Å². The van der Waals surface area contributed by atoms with E-state index >= 15 is 0 Å². The maximum Gasteiger partial charge on any atom is 0.326 e. The predicted molar refractivity (Wildman–Crippen MR) is 88.8 cm³/mol. The van der Waals surface area contributed by atoms with Crippen molar-refractivity contribution in [1.82, 2.24) is 10.6 Å². The fourth-order valence-corrected chi connectivity index (χ4v) is 3.67. The minimum absolute atomic E-state index is 0.0555. The van der Waals surface area contributed by atoms with E-state index in [9.17, 15) is 22.8 Å². The summed E-state index contributed by atoms with van der Waals surface area (Å²) in [6.45, 7) is 3.27. The lowest BCUT2D eigenvalue weighted by atomic mass is 10.0. The van der Waals surface area contributed by atoms with Crippen molar-refractivity contribution in [3.63, 3.8) is 0 Å². The summed E-state index contributed by atoms with van der Waals surface area (Å²) >= 11 is 0.801. The van der Waals surface area contributed by atoms with Crippen molar-refractivity contribution in [2.24, 2.45) is 5.92 Å². The molecule has 1 aromatic rings. The zero-order valence-electron chi connectivity index (χ0n) is 13.5. The number of nitrogens with one attached hydrogen (secondary N) is 2. The summed E-state index contributed by atoms with van der Waals surface area (Å²) in [6.07, 6.45) is 1.31. The zero-order valence-corrected chi connectivity index (χ0v) is 15.2. The molecule has 0 aliphatic rings. The number of carboxylic acid groups (broad SMARTS) is 1. The van der Waals surface area contributed by atoms with Gasteiger partial charge in [0.15, 0.2) is 9.84 Å². The Morgan fingerprint density at radius 2 is 1.88 bits per heavy atom. The molecule has 0 aromatic carbocycles. The van der Waals surface area contributed by atoms with Gasteiger partial charge in [-0.3, -0.25) is 9.59 Å². The largest absolute Gasteiger partial charge is 0.480 e. The second kappa shape index (κ2) is 8.25. The van der Waals surface area contributed by atoms with E-state index in [0.29, 0.717) is 0 Å². The molecule has 1 atom stereocenters. The number of amides is 2. The molecule has 0 bridgehead atoms. The molecule has 0 saturated heterocycles. The first kappa shape index (κ1) is 20.1. The molecule has 8 nitrogen and oxygen atoms in total. The number of hydrogen-bond donors (Lipinski definition) is 3. The van der Waals surface area contributed by atoms with Gasteiger partial charge in [0.05, 0.1) is 11.4 Å². The summed E-state index contributed by atoms with van der Waals surface area (Å²) in [7, 11) is -3.39. The highest BCUT2D eigenvalue weighted by atomic mass is 32.2. The topological polar surface area (TPSA) is 130 Å². The smallest absolute Gasteiger partial charge is 0.326 e. The van der Waals surface area contributed by atoms with Gasteiger partial charge in [-0.25, -0.2) is 13.2 Å². The summed E-state index contributed by atoms with van der Waals surface area (Å²) in [5.74, 6) is -2.28. The summed E-state index contributed by atoms with van der Waals surface area (Å²) in [5, 5.41) is 13.7. The molecule has 1 rings (SSSR count). The third kappa shape index (κ3) is 6.28. The van der Waals surface area contributed by atoms with Gasteiger partial charge in [0.2, 0.25) is 5.91 Å². The monoisotopic (exact) mass is 376 g/mol. The zero-order chi connectivity index (χ0) is 18.5. The molecule has 1 aromatic heterocycles. The second-order valence-corrected chi connectivity index (χ2v) is 8.99. The molecule has 0 saturated carbocycles. The average Bonchev–Trinajstić information content (AvgIpc) is 2.93. The Morgan fingerprint density at radius 1 is 1.25 bits per heavy atom. The van der Waals surface area contributed by atoms with E-state index in [1.807, 2.05) is 13.8 Å². The van der Waals surface area contributed by atoms with Crippen LogP contribution in [0, 0.1) is 5.92 Å². The van der Waals surface area contributed by atoms with Crippen molar-refractivity contribution < 1.29 is 27.9 Å². The normalized spacial score (nSPS) is 12.7. The van der Waals surface area contributed by atoms with E-state index in [1.54, 1.807) is 0 Å². The van der Waals surface area contributed by atoms with Gasteiger partial charge in [-0.05, 0) is 24.5 Å². The first-order valence-corrected chi connectivity index (χ1v) is 9.81. The third-order valence-corrected chi connectivity index (χ3v) is 5.82. The number of carboxylic acids is 1. The Bertz CT molecular complexity index is 723. The van der Waals surface area contributed by atoms with Crippen LogP contribution in [0.4, 0.5) is 0 Å². The van der Waals surface area contributed by atoms with E-state index in [-0.39, 0.29) is 21.4 Å². The van der Waals surface area contributed by atoms with Crippen molar-refractivity contribution in [2.45, 2.75) is 30.5 Å². The fourth-order valence-electron chi connectivity index (χ4n) is 1.83. The minimum atomic E-state index is -3.39. The van der Waals surface area contributed by atoms with E-state index in [2.05, 4.69) is 10.6 Å². The first-order chi connectivity index (χ1) is 11.0. The second-order valence-electron chi connectivity index (χ2n) is 5.66. The molecule has 24 heavy (non-hydrogen) atoms. The van der Waals surface area contributed by atoms with Crippen LogP contribution in [0.1, 0.15) is 29.9 Å². The van der Waals surface area contributed by atoms with Crippen LogP contribution in [-0.4, -0.2) is 50.2 Å². The van der Waals surface area contributed by atoms with E-state index in [1.165, 1.54) is 12.1 Å². The van der Waals surface area contributed by atoms with Crippen LogP contribution < -0.4 is 10.6 Å². The summed E-state index contributed by atoms with van der Waals surface area (Å²) in [5.41, 5.74) is 0. The van der Waals surface area contributed by atoms with Gasteiger partial charge in [0.25, 0.3) is 5.91 Å². The number of rotatable bonds is 8. The molecule has 10 heteroatoms. The number of carbonyl (C=O) groups excluding carboxylic acids is 2. The minimum Gasteiger partial charge on any atom is -0.480 e. The number of hydrogen-bond acceptors (Lipinski definition) is 6. The lowest BCUT2D eigenvalue weighted by Crippen LogP contribution is -2.46. The average molecular weight is 376 g/mol. The molecule has 134 valence electrons. The number of carbonyl (C=O) groups is 3. The van der Waals surface area contributed by atoms with E-state index < -0.39 is 40.2 Å². The summed E-state index contributed by atoms with van der Waals surface area (Å²) < 4.78 is 22.8. The highest BCUT2D eigenvalue weighted by Crippen LogP contribution is 2.21. The molecular weight excluding hydrogens is 356 g/mol. The fraction of sp³-hybridized carbons (Fsp3) is 0.500. The van der Waals surface area contributed by atoms with Gasteiger partial charge >= 0.3 is 5.97 Å². The lowest BCUT2D eigenvalue weighted by molar-refractivity contribution is -0.142. The highest BCUT2D eigenvalue weighted by Gasteiger charge is 2.21. The van der Waals surface area contributed by atoms with E-state index in [0.717, 1.165) is 17.6 Å². The molecule has 3 N–H and O–H groups in total. The van der Waals surface area contributed by atoms with Gasteiger partial charge in [0.1, 0.15) is 10.3 Å². The molecule has 1 heterocycles. The van der Waals surface area contributed by atoms with Crippen molar-refractivity contribution in [3.05, 3.63) is 17.0 Å². The molecule has 0 fully saturated rings. The molecule has 2 amide bonds. The lowest BCUT2D eigenvalue weighted by Gasteiger charge is -2.16. The predicted octanol–water partition coefficient (Wildman–Crippen LogP) is 0.497. The van der Waals surface area contributed by atoms with Crippen LogP contribution in [0.5, 0.6) is 0 Å². The maximum absolute atomic E-state index is 11.9. The molecule has 0 spiro atoms. The van der Waals surface area contributed by atoms with Gasteiger partial charge < -0.3 is 15.7 Å². The Kier molecular flexibility index (Phi) is 6.91. The number of aliphatic carboxylic acids is 1. The van der Waals surface area contributed by atoms with Crippen LogP contribution in [0.15, 0.2) is 16.3 Å². The number of thiophene rings is 1. The van der Waals surface area contributed by atoms with Gasteiger partial charge in [0, 0.05) is 6.26 Å². The molecular formula is C14H20N2O6S2. The van der Waals surface area contributed by atoms with Gasteiger partial charge in [-0.1, -0.05) is 13.8 Å². The molecule has 0 aliphatic heterocycles. The first-order valence-electron chi connectivity index (χ1n) is 7.11. The highest BCUT2D eigenvalue weighted by molar-refractivity contribution is 7.92. The SMILES string of the molecule is CC(C)C[C@H](NC(=O)CNC(=O)c1ccc(S(C)(=O)=O)s1)C(=O)O.